The molecule has 1 rings (SSSR count). The summed E-state index contributed by atoms with van der Waals surface area (Å²) >= 11 is 0. The second-order valence-corrected chi connectivity index (χ2v) is 6.59. The van der Waals surface area contributed by atoms with E-state index in [-0.39, 0.29) is 10.8 Å². The molecule has 6 nitrogen and oxygen atoms in total. The van der Waals surface area contributed by atoms with Crippen LogP contribution in [0.5, 0.6) is 0 Å². The Balaban J connectivity index is 2.87. The van der Waals surface area contributed by atoms with E-state index in [1.165, 1.54) is 24.3 Å². The zero-order valence-corrected chi connectivity index (χ0v) is 13.4. The first kappa shape index (κ1) is 17.6. The van der Waals surface area contributed by atoms with Crippen molar-refractivity contribution >= 4 is 15.7 Å². The summed E-state index contributed by atoms with van der Waals surface area (Å²) in [5.41, 5.74) is 0.439. The number of carbonyl (C=O) groups excluding carboxylic acids is 1. The molecule has 0 radical (unpaired) electrons. The second kappa shape index (κ2) is 8.11. The minimum atomic E-state index is -3.26. The quantitative estimate of drug-likeness (QED) is 0.710. The SMILES string of the molecule is COCCN(CCOC)C(=O)c1ccc(S(C)(=O)=O)cc1. The van der Waals surface area contributed by atoms with Gasteiger partial charge in [0.15, 0.2) is 9.84 Å². The van der Waals surface area contributed by atoms with E-state index in [9.17, 15) is 13.2 Å². The molecule has 7 heteroatoms. The maximum Gasteiger partial charge on any atom is 0.254 e. The van der Waals surface area contributed by atoms with Gasteiger partial charge in [-0.05, 0) is 24.3 Å². The van der Waals surface area contributed by atoms with Crippen molar-refractivity contribution in [2.75, 3.05) is 46.8 Å². The van der Waals surface area contributed by atoms with Crippen molar-refractivity contribution in [2.24, 2.45) is 0 Å². The summed E-state index contributed by atoms with van der Waals surface area (Å²) in [7, 11) is -0.120. The third-order valence-corrected chi connectivity index (χ3v) is 4.08. The van der Waals surface area contributed by atoms with Gasteiger partial charge in [-0.2, -0.15) is 0 Å². The molecule has 0 aromatic heterocycles. The molecular weight excluding hydrogens is 294 g/mol. The van der Waals surface area contributed by atoms with Crippen LogP contribution in [0.15, 0.2) is 29.2 Å². The van der Waals surface area contributed by atoms with Gasteiger partial charge in [0.1, 0.15) is 0 Å². The van der Waals surface area contributed by atoms with Crippen molar-refractivity contribution in [3.05, 3.63) is 29.8 Å². The third kappa shape index (κ3) is 5.45. The lowest BCUT2D eigenvalue weighted by Crippen LogP contribution is -2.36. The van der Waals surface area contributed by atoms with E-state index in [0.29, 0.717) is 31.9 Å². The van der Waals surface area contributed by atoms with Crippen LogP contribution in [0.2, 0.25) is 0 Å². The smallest absolute Gasteiger partial charge is 0.254 e. The number of amides is 1. The second-order valence-electron chi connectivity index (χ2n) is 4.57. The van der Waals surface area contributed by atoms with Gasteiger partial charge in [0.05, 0.1) is 18.1 Å². The van der Waals surface area contributed by atoms with Gasteiger partial charge in [-0.25, -0.2) is 8.42 Å². The van der Waals surface area contributed by atoms with Crippen LogP contribution in [-0.4, -0.2) is 66.0 Å². The maximum atomic E-state index is 12.4. The van der Waals surface area contributed by atoms with E-state index in [1.54, 1.807) is 19.1 Å². The largest absolute Gasteiger partial charge is 0.383 e. The molecule has 0 heterocycles. The summed E-state index contributed by atoms with van der Waals surface area (Å²) in [4.78, 5) is 14.2. The first-order valence-electron chi connectivity index (χ1n) is 6.47. The number of sulfone groups is 1. The Labute approximate surface area is 125 Å². The lowest BCUT2D eigenvalue weighted by molar-refractivity contribution is 0.0627. The normalized spacial score (nSPS) is 11.4. The highest BCUT2D eigenvalue weighted by molar-refractivity contribution is 7.90. The fourth-order valence-corrected chi connectivity index (χ4v) is 2.38. The van der Waals surface area contributed by atoms with Crippen molar-refractivity contribution in [1.29, 1.82) is 0 Å². The van der Waals surface area contributed by atoms with Gasteiger partial charge >= 0.3 is 0 Å². The molecule has 0 N–H and O–H groups in total. The molecule has 0 saturated heterocycles. The molecule has 1 amide bonds. The summed E-state index contributed by atoms with van der Waals surface area (Å²) < 4.78 is 32.8. The number of hydrogen-bond acceptors (Lipinski definition) is 5. The summed E-state index contributed by atoms with van der Waals surface area (Å²) in [6.07, 6.45) is 1.13. The highest BCUT2D eigenvalue weighted by atomic mass is 32.2. The van der Waals surface area contributed by atoms with Crippen LogP contribution < -0.4 is 0 Å². The first-order valence-corrected chi connectivity index (χ1v) is 8.36. The van der Waals surface area contributed by atoms with Gasteiger partial charge in [0.2, 0.25) is 0 Å². The topological polar surface area (TPSA) is 72.9 Å². The lowest BCUT2D eigenvalue weighted by Gasteiger charge is -2.22. The molecule has 0 aliphatic heterocycles. The first-order chi connectivity index (χ1) is 9.90. The minimum Gasteiger partial charge on any atom is -0.383 e. The molecule has 0 aliphatic carbocycles. The average molecular weight is 315 g/mol. The highest BCUT2D eigenvalue weighted by Gasteiger charge is 2.16. The summed E-state index contributed by atoms with van der Waals surface area (Å²) in [5.74, 6) is -0.177. The Hall–Kier alpha value is -1.44. The number of benzene rings is 1. The molecular formula is C14H21NO5S. The van der Waals surface area contributed by atoms with Gasteiger partial charge in [-0.15, -0.1) is 0 Å². The van der Waals surface area contributed by atoms with Crippen LogP contribution in [0.4, 0.5) is 0 Å². The van der Waals surface area contributed by atoms with E-state index in [0.717, 1.165) is 6.26 Å². The fraction of sp³-hybridized carbons (Fsp3) is 0.500. The zero-order chi connectivity index (χ0) is 15.9. The number of nitrogens with zero attached hydrogens (tertiary/aromatic N) is 1. The van der Waals surface area contributed by atoms with Gasteiger partial charge in [0.25, 0.3) is 5.91 Å². The van der Waals surface area contributed by atoms with E-state index >= 15 is 0 Å². The van der Waals surface area contributed by atoms with Crippen molar-refractivity contribution in [3.8, 4) is 0 Å². The molecule has 0 spiro atoms. The average Bonchev–Trinajstić information content (AvgIpc) is 2.46. The van der Waals surface area contributed by atoms with Crippen LogP contribution >= 0.6 is 0 Å². The maximum absolute atomic E-state index is 12.4. The predicted molar refractivity (Wildman–Crippen MR) is 79.2 cm³/mol. The molecule has 118 valence electrons. The Morgan fingerprint density at radius 3 is 1.90 bits per heavy atom. The molecule has 21 heavy (non-hydrogen) atoms. The van der Waals surface area contributed by atoms with E-state index in [1.807, 2.05) is 0 Å². The molecule has 0 aliphatic rings. The van der Waals surface area contributed by atoms with Gasteiger partial charge in [0, 0.05) is 39.1 Å². The van der Waals surface area contributed by atoms with E-state index < -0.39 is 9.84 Å². The summed E-state index contributed by atoms with van der Waals surface area (Å²) in [6, 6.07) is 5.91. The minimum absolute atomic E-state index is 0.177. The van der Waals surface area contributed by atoms with Crippen molar-refractivity contribution in [2.45, 2.75) is 4.90 Å². The van der Waals surface area contributed by atoms with Crippen LogP contribution in [-0.2, 0) is 19.3 Å². The molecule has 0 saturated carbocycles. The standard InChI is InChI=1S/C14H21NO5S/c1-19-10-8-15(9-11-20-2)14(16)12-4-6-13(7-5-12)21(3,17)18/h4-7H,8-11H2,1-3H3. The Morgan fingerprint density at radius 2 is 1.52 bits per heavy atom. The number of hydrogen-bond donors (Lipinski definition) is 0. The monoisotopic (exact) mass is 315 g/mol. The van der Waals surface area contributed by atoms with Crippen LogP contribution in [0.25, 0.3) is 0 Å². The fourth-order valence-electron chi connectivity index (χ4n) is 1.75. The Kier molecular flexibility index (Phi) is 6.80. The Bertz CT molecular complexity index is 545. The Morgan fingerprint density at radius 1 is 1.05 bits per heavy atom. The molecule has 1 aromatic rings. The number of methoxy groups -OCH3 is 2. The van der Waals surface area contributed by atoms with Crippen LogP contribution in [0.1, 0.15) is 10.4 Å². The van der Waals surface area contributed by atoms with Crippen LogP contribution in [0, 0.1) is 0 Å². The third-order valence-electron chi connectivity index (χ3n) is 2.95. The highest BCUT2D eigenvalue weighted by Crippen LogP contribution is 2.12. The van der Waals surface area contributed by atoms with Crippen molar-refractivity contribution in [3.63, 3.8) is 0 Å². The summed E-state index contributed by atoms with van der Waals surface area (Å²) in [5, 5.41) is 0. The zero-order valence-electron chi connectivity index (χ0n) is 12.5. The number of carbonyl (C=O) groups is 1. The number of rotatable bonds is 8. The molecule has 0 bridgehead atoms. The van der Waals surface area contributed by atoms with Gasteiger partial charge < -0.3 is 14.4 Å². The molecule has 1 aromatic carbocycles. The summed E-state index contributed by atoms with van der Waals surface area (Å²) in [6.45, 7) is 1.76. The number of ether oxygens (including phenoxy) is 2. The van der Waals surface area contributed by atoms with E-state index in [2.05, 4.69) is 0 Å². The lowest BCUT2D eigenvalue weighted by atomic mass is 10.2. The van der Waals surface area contributed by atoms with Crippen molar-refractivity contribution in [1.82, 2.24) is 4.90 Å². The van der Waals surface area contributed by atoms with Crippen LogP contribution in [0.3, 0.4) is 0 Å². The van der Waals surface area contributed by atoms with Gasteiger partial charge in [-0.3, -0.25) is 4.79 Å². The van der Waals surface area contributed by atoms with Gasteiger partial charge in [-0.1, -0.05) is 0 Å². The molecule has 0 unspecified atom stereocenters. The molecule has 0 fully saturated rings. The molecule has 0 atom stereocenters. The predicted octanol–water partition coefficient (Wildman–Crippen LogP) is 0.825. The van der Waals surface area contributed by atoms with E-state index in [4.69, 9.17) is 9.47 Å². The van der Waals surface area contributed by atoms with Crippen molar-refractivity contribution < 1.29 is 22.7 Å².